The lowest BCUT2D eigenvalue weighted by molar-refractivity contribution is -0.141. The molecule has 1 aliphatic heterocycles. The Kier molecular flexibility index (Phi) is 8.71. The fraction of sp³-hybridized carbons (Fsp3) is 0.400. The molecule has 0 saturated heterocycles. The minimum atomic E-state index is -3.92. The van der Waals surface area contributed by atoms with Gasteiger partial charge in [-0.2, -0.15) is 0 Å². The second-order valence-corrected chi connectivity index (χ2v) is 11.4. The second kappa shape index (κ2) is 11.3. The maximum absolute atomic E-state index is 13.2. The highest BCUT2D eigenvalue weighted by molar-refractivity contribution is 9.10. The predicted octanol–water partition coefficient (Wildman–Crippen LogP) is 3.71. The highest BCUT2D eigenvalue weighted by Gasteiger charge is 2.40. The van der Waals surface area contributed by atoms with Crippen molar-refractivity contribution in [1.29, 1.82) is 0 Å². The standard InChI is InChI=1S/C25H30BrN3O5S/c1-4-17(2)27-24(31)18(3)28(16-19-11-13-20(26)14-12-19)23(30)10-7-15-29-25(32)21-8-5-6-9-22(21)35(29,33)34/h5-6,8-9,11-14,17-18H,4,7,10,15-16H2,1-3H3,(H,27,31)/t17-,18-/m1/s1. The van der Waals surface area contributed by atoms with E-state index < -0.39 is 22.0 Å². The number of fused-ring (bicyclic) bond motifs is 1. The molecule has 0 saturated carbocycles. The van der Waals surface area contributed by atoms with E-state index >= 15 is 0 Å². The number of nitrogens with one attached hydrogen (secondary N) is 1. The zero-order valence-corrected chi connectivity index (χ0v) is 22.4. The number of sulfonamides is 1. The van der Waals surface area contributed by atoms with Gasteiger partial charge >= 0.3 is 0 Å². The molecule has 0 aliphatic carbocycles. The van der Waals surface area contributed by atoms with Crippen LogP contribution in [0.1, 0.15) is 56.0 Å². The fourth-order valence-corrected chi connectivity index (χ4v) is 5.68. The van der Waals surface area contributed by atoms with E-state index in [1.54, 1.807) is 19.1 Å². The van der Waals surface area contributed by atoms with Gasteiger partial charge < -0.3 is 10.2 Å². The average molecular weight is 565 g/mol. The normalized spacial score (nSPS) is 15.9. The first-order valence-electron chi connectivity index (χ1n) is 11.6. The molecule has 1 aliphatic rings. The number of benzene rings is 2. The van der Waals surface area contributed by atoms with Crippen molar-refractivity contribution in [3.8, 4) is 0 Å². The monoisotopic (exact) mass is 563 g/mol. The Morgan fingerprint density at radius 2 is 1.74 bits per heavy atom. The number of carbonyl (C=O) groups excluding carboxylic acids is 3. The Labute approximate surface area is 214 Å². The summed E-state index contributed by atoms with van der Waals surface area (Å²) >= 11 is 3.39. The quantitative estimate of drug-likeness (QED) is 0.474. The summed E-state index contributed by atoms with van der Waals surface area (Å²) in [5.74, 6) is -1.13. The van der Waals surface area contributed by atoms with Crippen LogP contribution in [-0.4, -0.2) is 54.0 Å². The van der Waals surface area contributed by atoms with Crippen molar-refractivity contribution in [3.63, 3.8) is 0 Å². The van der Waals surface area contributed by atoms with Gasteiger partial charge in [0.15, 0.2) is 0 Å². The summed E-state index contributed by atoms with van der Waals surface area (Å²) in [7, 11) is -3.92. The van der Waals surface area contributed by atoms with Gasteiger partial charge in [0, 0.05) is 30.0 Å². The van der Waals surface area contributed by atoms with Crippen LogP contribution in [0.5, 0.6) is 0 Å². The van der Waals surface area contributed by atoms with Crippen molar-refractivity contribution in [2.45, 2.75) is 63.6 Å². The first-order chi connectivity index (χ1) is 16.6. The number of nitrogens with zero attached hydrogens (tertiary/aromatic N) is 2. The summed E-state index contributed by atoms with van der Waals surface area (Å²) in [6.45, 7) is 5.66. The van der Waals surface area contributed by atoms with Gasteiger partial charge in [0.05, 0.1) is 5.56 Å². The molecular weight excluding hydrogens is 534 g/mol. The van der Waals surface area contributed by atoms with Crippen LogP contribution in [0.3, 0.4) is 0 Å². The van der Waals surface area contributed by atoms with Crippen LogP contribution >= 0.6 is 15.9 Å². The van der Waals surface area contributed by atoms with E-state index in [1.807, 2.05) is 38.1 Å². The number of rotatable bonds is 10. The molecule has 2 atom stereocenters. The molecule has 10 heteroatoms. The molecule has 3 rings (SSSR count). The predicted molar refractivity (Wildman–Crippen MR) is 136 cm³/mol. The summed E-state index contributed by atoms with van der Waals surface area (Å²) in [6.07, 6.45) is 0.904. The van der Waals surface area contributed by atoms with Crippen molar-refractivity contribution in [3.05, 3.63) is 64.1 Å². The topological polar surface area (TPSA) is 104 Å². The van der Waals surface area contributed by atoms with Crippen molar-refractivity contribution in [2.75, 3.05) is 6.54 Å². The largest absolute Gasteiger partial charge is 0.352 e. The van der Waals surface area contributed by atoms with Crippen LogP contribution in [0.4, 0.5) is 0 Å². The molecule has 1 N–H and O–H groups in total. The molecule has 2 aromatic carbocycles. The molecule has 2 aromatic rings. The Morgan fingerprint density at radius 3 is 2.37 bits per heavy atom. The number of hydrogen-bond donors (Lipinski definition) is 1. The van der Waals surface area contributed by atoms with Gasteiger partial charge in [-0.25, -0.2) is 12.7 Å². The molecule has 3 amide bonds. The molecule has 8 nitrogen and oxygen atoms in total. The van der Waals surface area contributed by atoms with Gasteiger partial charge in [-0.1, -0.05) is 47.1 Å². The number of amides is 3. The van der Waals surface area contributed by atoms with Gasteiger partial charge in [0.25, 0.3) is 15.9 Å². The zero-order valence-electron chi connectivity index (χ0n) is 20.0. The zero-order chi connectivity index (χ0) is 25.8. The Hall–Kier alpha value is -2.72. The van der Waals surface area contributed by atoms with Gasteiger partial charge in [0.1, 0.15) is 10.9 Å². The van der Waals surface area contributed by atoms with Gasteiger partial charge in [-0.15, -0.1) is 0 Å². The van der Waals surface area contributed by atoms with E-state index in [-0.39, 0.29) is 54.2 Å². The van der Waals surface area contributed by atoms with E-state index in [9.17, 15) is 22.8 Å². The summed E-state index contributed by atoms with van der Waals surface area (Å²) in [5, 5.41) is 2.91. The smallest absolute Gasteiger partial charge is 0.269 e. The summed E-state index contributed by atoms with van der Waals surface area (Å²) in [5.41, 5.74) is 1.00. The van der Waals surface area contributed by atoms with Crippen LogP contribution < -0.4 is 5.32 Å². The summed E-state index contributed by atoms with van der Waals surface area (Å²) in [4.78, 5) is 40.1. The number of carbonyl (C=O) groups is 3. The highest BCUT2D eigenvalue weighted by Crippen LogP contribution is 2.30. The maximum atomic E-state index is 13.2. The Morgan fingerprint density at radius 1 is 1.09 bits per heavy atom. The van der Waals surface area contributed by atoms with Crippen LogP contribution in [0.15, 0.2) is 57.9 Å². The van der Waals surface area contributed by atoms with Crippen LogP contribution in [0, 0.1) is 0 Å². The maximum Gasteiger partial charge on any atom is 0.269 e. The molecule has 1 heterocycles. The molecule has 0 aromatic heterocycles. The SMILES string of the molecule is CC[C@@H](C)NC(=O)[C@@H](C)N(Cc1ccc(Br)cc1)C(=O)CCCN1C(=O)c2ccccc2S1(=O)=O. The van der Waals surface area contributed by atoms with Gasteiger partial charge in [0.2, 0.25) is 11.8 Å². The molecule has 0 spiro atoms. The molecule has 0 bridgehead atoms. The van der Waals surface area contributed by atoms with E-state index in [2.05, 4.69) is 21.2 Å². The Balaban J connectivity index is 1.71. The van der Waals surface area contributed by atoms with Crippen molar-refractivity contribution in [1.82, 2.24) is 14.5 Å². The van der Waals surface area contributed by atoms with Gasteiger partial charge in [-0.3, -0.25) is 14.4 Å². The minimum Gasteiger partial charge on any atom is -0.352 e. The molecular formula is C25H30BrN3O5S. The third kappa shape index (κ3) is 6.10. The van der Waals surface area contributed by atoms with Crippen LogP contribution in [-0.2, 0) is 26.2 Å². The van der Waals surface area contributed by atoms with Crippen molar-refractivity contribution in [2.24, 2.45) is 0 Å². The first kappa shape index (κ1) is 26.9. The summed E-state index contributed by atoms with van der Waals surface area (Å²) < 4.78 is 27.2. The van der Waals surface area contributed by atoms with Crippen molar-refractivity contribution >= 4 is 43.7 Å². The van der Waals surface area contributed by atoms with Gasteiger partial charge in [-0.05, 0) is 56.5 Å². The summed E-state index contributed by atoms with van der Waals surface area (Å²) in [6, 6.07) is 12.8. The van der Waals surface area contributed by atoms with E-state index in [0.29, 0.717) is 0 Å². The number of halogens is 1. The average Bonchev–Trinajstić information content (AvgIpc) is 3.03. The first-order valence-corrected chi connectivity index (χ1v) is 13.8. The highest BCUT2D eigenvalue weighted by atomic mass is 79.9. The third-order valence-corrected chi connectivity index (χ3v) is 8.47. The third-order valence-electron chi connectivity index (χ3n) is 6.10. The molecule has 0 radical (unpaired) electrons. The molecule has 35 heavy (non-hydrogen) atoms. The molecule has 0 unspecified atom stereocenters. The Bertz CT molecular complexity index is 1200. The van der Waals surface area contributed by atoms with E-state index in [1.165, 1.54) is 17.0 Å². The lowest BCUT2D eigenvalue weighted by atomic mass is 10.1. The lowest BCUT2D eigenvalue weighted by Gasteiger charge is -2.30. The number of hydrogen-bond acceptors (Lipinski definition) is 5. The van der Waals surface area contributed by atoms with Crippen LogP contribution in [0.2, 0.25) is 0 Å². The fourth-order valence-electron chi connectivity index (χ4n) is 3.80. The lowest BCUT2D eigenvalue weighted by Crippen LogP contribution is -2.49. The van der Waals surface area contributed by atoms with Crippen LogP contribution in [0.25, 0.3) is 0 Å². The minimum absolute atomic E-state index is 0.00682. The molecule has 0 fully saturated rings. The second-order valence-electron chi connectivity index (χ2n) is 8.62. The van der Waals surface area contributed by atoms with Crippen molar-refractivity contribution < 1.29 is 22.8 Å². The van der Waals surface area contributed by atoms with E-state index in [4.69, 9.17) is 0 Å². The van der Waals surface area contributed by atoms with E-state index in [0.717, 1.165) is 20.8 Å². The molecule has 188 valence electrons.